The first-order chi connectivity index (χ1) is 13.0. The maximum atomic E-state index is 12.2. The number of benzene rings is 2. The molecule has 0 bridgehead atoms. The fourth-order valence-electron chi connectivity index (χ4n) is 2.45. The molecule has 0 unspecified atom stereocenters. The molecule has 2 aromatic rings. The highest BCUT2D eigenvalue weighted by atomic mass is 127. The van der Waals surface area contributed by atoms with Crippen LogP contribution in [0.25, 0.3) is 6.08 Å². The van der Waals surface area contributed by atoms with E-state index >= 15 is 0 Å². The van der Waals surface area contributed by atoms with E-state index in [4.69, 9.17) is 14.2 Å². The van der Waals surface area contributed by atoms with E-state index in [2.05, 4.69) is 50.2 Å². The topological polar surface area (TPSA) is 57.1 Å². The van der Waals surface area contributed by atoms with E-state index < -0.39 is 5.97 Å². The second-order valence-corrected chi connectivity index (χ2v) is 8.13. The third kappa shape index (κ3) is 4.81. The Balaban J connectivity index is 1.92. The van der Waals surface area contributed by atoms with Crippen LogP contribution in [0.4, 0.5) is 0 Å². The molecule has 5 nitrogen and oxygen atoms in total. The van der Waals surface area contributed by atoms with E-state index in [-0.39, 0.29) is 5.70 Å². The summed E-state index contributed by atoms with van der Waals surface area (Å²) in [5, 5.41) is 0. The van der Waals surface area contributed by atoms with Crippen LogP contribution < -0.4 is 9.47 Å². The second-order valence-electron chi connectivity index (χ2n) is 5.73. The molecule has 0 N–H and O–H groups in total. The van der Waals surface area contributed by atoms with E-state index in [0.717, 1.165) is 24.7 Å². The normalized spacial score (nSPS) is 14.9. The molecular formula is C20H17I2NO4. The molecule has 1 aliphatic rings. The van der Waals surface area contributed by atoms with Gasteiger partial charge >= 0.3 is 5.97 Å². The SMILES string of the molecule is CCCOc1c(I)cc(/C=C2\N=C(c3ccc(I)cc3)OC2=O)cc1OC. The number of aliphatic imine (C=N–C) groups is 1. The average Bonchev–Trinajstić information content (AvgIpc) is 3.01. The number of cyclic esters (lactones) is 1. The number of nitrogens with zero attached hydrogens (tertiary/aromatic N) is 1. The van der Waals surface area contributed by atoms with Crippen molar-refractivity contribution in [3.05, 3.63) is 60.4 Å². The quantitative estimate of drug-likeness (QED) is 0.270. The van der Waals surface area contributed by atoms with Crippen LogP contribution in [0.5, 0.6) is 11.5 Å². The van der Waals surface area contributed by atoms with Gasteiger partial charge in [0.05, 0.1) is 17.3 Å². The van der Waals surface area contributed by atoms with Crippen molar-refractivity contribution in [3.63, 3.8) is 0 Å². The van der Waals surface area contributed by atoms with Gasteiger partial charge in [-0.25, -0.2) is 9.79 Å². The molecule has 0 aliphatic carbocycles. The predicted molar refractivity (Wildman–Crippen MR) is 121 cm³/mol. The Labute approximate surface area is 185 Å². The van der Waals surface area contributed by atoms with Crippen molar-refractivity contribution in [1.29, 1.82) is 0 Å². The number of ether oxygens (including phenoxy) is 3. The lowest BCUT2D eigenvalue weighted by molar-refractivity contribution is -0.129. The molecular weight excluding hydrogens is 572 g/mol. The minimum absolute atomic E-state index is 0.253. The van der Waals surface area contributed by atoms with Crippen LogP contribution in [0.3, 0.4) is 0 Å². The standard InChI is InChI=1S/C20H17I2NO4/c1-3-8-26-18-15(22)9-12(11-17(18)25-2)10-16-20(24)27-19(23-16)13-4-6-14(21)7-5-13/h4-7,9-11H,3,8H2,1-2H3/b16-10-. The molecule has 1 heterocycles. The molecule has 0 fully saturated rings. The summed E-state index contributed by atoms with van der Waals surface area (Å²) in [5.74, 6) is 1.17. The van der Waals surface area contributed by atoms with E-state index in [1.807, 2.05) is 43.3 Å². The van der Waals surface area contributed by atoms with Gasteiger partial charge in [-0.15, -0.1) is 0 Å². The maximum absolute atomic E-state index is 12.2. The Kier molecular flexibility index (Phi) is 6.74. The fourth-order valence-corrected chi connectivity index (χ4v) is 3.59. The van der Waals surface area contributed by atoms with Gasteiger partial charge < -0.3 is 14.2 Å². The molecule has 1 aliphatic heterocycles. The maximum Gasteiger partial charge on any atom is 0.363 e. The summed E-state index contributed by atoms with van der Waals surface area (Å²) in [4.78, 5) is 16.6. The molecule has 0 spiro atoms. The summed E-state index contributed by atoms with van der Waals surface area (Å²) < 4.78 is 18.5. The van der Waals surface area contributed by atoms with Crippen LogP contribution in [0.2, 0.25) is 0 Å². The molecule has 0 radical (unpaired) electrons. The molecule has 0 aromatic heterocycles. The summed E-state index contributed by atoms with van der Waals surface area (Å²) in [6.07, 6.45) is 2.60. The Bertz CT molecular complexity index is 920. The van der Waals surface area contributed by atoms with Crippen LogP contribution in [0.1, 0.15) is 24.5 Å². The van der Waals surface area contributed by atoms with Gasteiger partial charge in [0.15, 0.2) is 17.2 Å². The average molecular weight is 589 g/mol. The van der Waals surface area contributed by atoms with Gasteiger partial charge in [0.25, 0.3) is 0 Å². The molecule has 27 heavy (non-hydrogen) atoms. The minimum atomic E-state index is -0.469. The van der Waals surface area contributed by atoms with Crippen molar-refractivity contribution in [1.82, 2.24) is 0 Å². The number of hydrogen-bond acceptors (Lipinski definition) is 5. The first-order valence-electron chi connectivity index (χ1n) is 8.30. The molecule has 140 valence electrons. The highest BCUT2D eigenvalue weighted by Gasteiger charge is 2.24. The number of carbonyl (C=O) groups is 1. The highest BCUT2D eigenvalue weighted by Crippen LogP contribution is 2.35. The van der Waals surface area contributed by atoms with Crippen LogP contribution in [0.15, 0.2) is 47.1 Å². The van der Waals surface area contributed by atoms with Crippen LogP contribution in [0, 0.1) is 7.14 Å². The predicted octanol–water partition coefficient (Wildman–Crippen LogP) is 5.04. The minimum Gasteiger partial charge on any atom is -0.493 e. The van der Waals surface area contributed by atoms with Crippen molar-refractivity contribution >= 4 is 63.1 Å². The first kappa shape index (κ1) is 20.1. The monoisotopic (exact) mass is 589 g/mol. The van der Waals surface area contributed by atoms with Crippen molar-refractivity contribution in [3.8, 4) is 11.5 Å². The number of rotatable bonds is 6. The highest BCUT2D eigenvalue weighted by molar-refractivity contribution is 14.1. The summed E-state index contributed by atoms with van der Waals surface area (Å²) in [6, 6.07) is 11.4. The summed E-state index contributed by atoms with van der Waals surface area (Å²) in [6.45, 7) is 2.66. The Morgan fingerprint density at radius 2 is 1.93 bits per heavy atom. The fraction of sp³-hybridized carbons (Fsp3) is 0.200. The molecule has 0 saturated carbocycles. The molecule has 0 atom stereocenters. The van der Waals surface area contributed by atoms with Crippen LogP contribution in [-0.4, -0.2) is 25.6 Å². The lowest BCUT2D eigenvalue weighted by atomic mass is 10.1. The molecule has 7 heteroatoms. The second kappa shape index (κ2) is 9.05. The zero-order valence-electron chi connectivity index (χ0n) is 14.8. The van der Waals surface area contributed by atoms with Crippen molar-refractivity contribution in [2.45, 2.75) is 13.3 Å². The smallest absolute Gasteiger partial charge is 0.363 e. The van der Waals surface area contributed by atoms with E-state index in [9.17, 15) is 4.79 Å². The lowest BCUT2D eigenvalue weighted by Gasteiger charge is -2.13. The van der Waals surface area contributed by atoms with Gasteiger partial charge in [0.2, 0.25) is 5.90 Å². The van der Waals surface area contributed by atoms with Gasteiger partial charge in [-0.2, -0.15) is 0 Å². The summed E-state index contributed by atoms with van der Waals surface area (Å²) in [7, 11) is 1.60. The van der Waals surface area contributed by atoms with Crippen LogP contribution in [-0.2, 0) is 9.53 Å². The number of halogens is 2. The van der Waals surface area contributed by atoms with Gasteiger partial charge in [-0.1, -0.05) is 6.92 Å². The lowest BCUT2D eigenvalue weighted by Crippen LogP contribution is -2.05. The number of carbonyl (C=O) groups excluding carboxylic acids is 1. The Hall–Kier alpha value is -1.62. The number of methoxy groups -OCH3 is 1. The first-order valence-corrected chi connectivity index (χ1v) is 10.5. The van der Waals surface area contributed by atoms with E-state index in [0.29, 0.717) is 24.0 Å². The summed E-state index contributed by atoms with van der Waals surface area (Å²) in [5.41, 5.74) is 1.81. The third-order valence-electron chi connectivity index (χ3n) is 3.72. The number of hydrogen-bond donors (Lipinski definition) is 0. The van der Waals surface area contributed by atoms with Gasteiger partial charge in [0, 0.05) is 9.13 Å². The zero-order valence-corrected chi connectivity index (χ0v) is 19.1. The van der Waals surface area contributed by atoms with E-state index in [1.165, 1.54) is 0 Å². The molecule has 3 rings (SSSR count). The Morgan fingerprint density at radius 3 is 2.59 bits per heavy atom. The van der Waals surface area contributed by atoms with E-state index in [1.54, 1.807) is 13.2 Å². The molecule has 0 amide bonds. The number of esters is 1. The van der Waals surface area contributed by atoms with Crippen LogP contribution >= 0.6 is 45.2 Å². The molecule has 0 saturated heterocycles. The van der Waals surface area contributed by atoms with Crippen molar-refractivity contribution < 1.29 is 19.0 Å². The van der Waals surface area contributed by atoms with Crippen molar-refractivity contribution in [2.24, 2.45) is 4.99 Å². The zero-order chi connectivity index (χ0) is 19.4. The molecule has 2 aromatic carbocycles. The third-order valence-corrected chi connectivity index (χ3v) is 5.24. The van der Waals surface area contributed by atoms with Gasteiger partial charge in [-0.3, -0.25) is 0 Å². The Morgan fingerprint density at radius 1 is 1.19 bits per heavy atom. The van der Waals surface area contributed by atoms with Crippen molar-refractivity contribution in [2.75, 3.05) is 13.7 Å². The van der Waals surface area contributed by atoms with Gasteiger partial charge in [0.1, 0.15) is 0 Å². The largest absolute Gasteiger partial charge is 0.493 e. The van der Waals surface area contributed by atoms with Gasteiger partial charge in [-0.05, 0) is 99.6 Å². The summed E-state index contributed by atoms with van der Waals surface area (Å²) >= 11 is 4.42.